The Morgan fingerprint density at radius 3 is 2.56 bits per heavy atom. The number of imidazole rings is 1. The first-order chi connectivity index (χ1) is 12.9. The van der Waals surface area contributed by atoms with Gasteiger partial charge < -0.3 is 9.88 Å². The van der Waals surface area contributed by atoms with E-state index in [1.54, 1.807) is 19.1 Å². The largest absolute Gasteiger partial charge is 0.349 e. The molecule has 0 unspecified atom stereocenters. The predicted molar refractivity (Wildman–Crippen MR) is 103 cm³/mol. The van der Waals surface area contributed by atoms with E-state index in [1.807, 2.05) is 30.5 Å². The second-order valence-corrected chi connectivity index (χ2v) is 8.64. The van der Waals surface area contributed by atoms with Gasteiger partial charge in [-0.05, 0) is 26.0 Å². The molecule has 0 saturated heterocycles. The van der Waals surface area contributed by atoms with Gasteiger partial charge in [-0.2, -0.15) is 4.31 Å². The Labute approximate surface area is 160 Å². The number of nitrogens with one attached hydrogen (secondary N) is 1. The van der Waals surface area contributed by atoms with Crippen molar-refractivity contribution >= 4 is 15.9 Å². The van der Waals surface area contributed by atoms with Gasteiger partial charge in [0.2, 0.25) is 15.9 Å². The van der Waals surface area contributed by atoms with Crippen LogP contribution < -0.4 is 5.32 Å². The minimum atomic E-state index is -3.54. The van der Waals surface area contributed by atoms with Gasteiger partial charge in [0, 0.05) is 25.9 Å². The highest BCUT2D eigenvalue weighted by atomic mass is 32.2. The number of sulfonamides is 1. The Kier molecular flexibility index (Phi) is 5.67. The van der Waals surface area contributed by atoms with Gasteiger partial charge in [0.1, 0.15) is 5.82 Å². The first-order valence-electron chi connectivity index (χ1n) is 9.27. The molecular weight excluding hydrogens is 364 g/mol. The van der Waals surface area contributed by atoms with E-state index in [4.69, 9.17) is 0 Å². The molecule has 7 nitrogen and oxygen atoms in total. The number of aromatic nitrogens is 2. The van der Waals surface area contributed by atoms with E-state index in [9.17, 15) is 13.2 Å². The lowest BCUT2D eigenvalue weighted by molar-refractivity contribution is -0.120. The zero-order valence-electron chi connectivity index (χ0n) is 16.0. The summed E-state index contributed by atoms with van der Waals surface area (Å²) in [5, 5.41) is 2.85. The van der Waals surface area contributed by atoms with E-state index < -0.39 is 10.0 Å². The third-order valence-corrected chi connectivity index (χ3v) is 6.76. The van der Waals surface area contributed by atoms with Crippen LogP contribution in [0.4, 0.5) is 0 Å². The number of fused-ring (bicyclic) bond motifs is 1. The Bertz CT molecular complexity index is 933. The minimum Gasteiger partial charge on any atom is -0.349 e. The molecule has 8 heteroatoms. The quantitative estimate of drug-likeness (QED) is 0.817. The fourth-order valence-corrected chi connectivity index (χ4v) is 4.72. The van der Waals surface area contributed by atoms with Crippen LogP contribution in [0.2, 0.25) is 0 Å². The van der Waals surface area contributed by atoms with Crippen LogP contribution in [-0.4, -0.2) is 34.7 Å². The van der Waals surface area contributed by atoms with Gasteiger partial charge in [-0.15, -0.1) is 0 Å². The van der Waals surface area contributed by atoms with Gasteiger partial charge in [0.05, 0.1) is 29.4 Å². The molecule has 0 radical (unpaired) electrons. The number of carbonyl (C=O) groups is 1. The molecule has 2 aromatic rings. The zero-order chi connectivity index (χ0) is 19.6. The molecule has 3 rings (SSSR count). The van der Waals surface area contributed by atoms with Crippen LogP contribution in [0, 0.1) is 6.92 Å². The molecule has 0 atom stereocenters. The molecule has 0 aliphatic carbocycles. The average molecular weight is 391 g/mol. The van der Waals surface area contributed by atoms with Gasteiger partial charge in [0.15, 0.2) is 0 Å². The third-order valence-electron chi connectivity index (χ3n) is 4.90. The highest BCUT2D eigenvalue weighted by Gasteiger charge is 2.31. The summed E-state index contributed by atoms with van der Waals surface area (Å²) >= 11 is 0. The minimum absolute atomic E-state index is 0.0257. The Balaban J connectivity index is 1.86. The van der Waals surface area contributed by atoms with Crippen molar-refractivity contribution in [2.24, 2.45) is 0 Å². The van der Waals surface area contributed by atoms with Crippen molar-refractivity contribution in [2.45, 2.75) is 58.1 Å². The second-order valence-electron chi connectivity index (χ2n) is 6.70. The topological polar surface area (TPSA) is 84.3 Å². The Hall–Kier alpha value is -2.19. The SMILES string of the molecule is CCC(=O)NCc1nc2c(n1CC)CN(S(=O)(=O)c1ccc(C)cc1)CC2. The third kappa shape index (κ3) is 3.91. The van der Waals surface area contributed by atoms with E-state index in [0.717, 1.165) is 22.8 Å². The lowest BCUT2D eigenvalue weighted by Gasteiger charge is -2.27. The molecule has 1 amide bonds. The smallest absolute Gasteiger partial charge is 0.243 e. The molecule has 1 aromatic carbocycles. The number of benzene rings is 1. The van der Waals surface area contributed by atoms with Crippen LogP contribution in [0.5, 0.6) is 0 Å². The predicted octanol–water partition coefficient (Wildman–Crippen LogP) is 1.98. The van der Waals surface area contributed by atoms with E-state index in [2.05, 4.69) is 10.3 Å². The zero-order valence-corrected chi connectivity index (χ0v) is 16.8. The summed E-state index contributed by atoms with van der Waals surface area (Å²) in [4.78, 5) is 16.5. The molecule has 27 heavy (non-hydrogen) atoms. The van der Waals surface area contributed by atoms with Gasteiger partial charge in [-0.25, -0.2) is 13.4 Å². The molecule has 1 aromatic heterocycles. The molecule has 0 bridgehead atoms. The van der Waals surface area contributed by atoms with E-state index in [-0.39, 0.29) is 5.91 Å². The van der Waals surface area contributed by atoms with Gasteiger partial charge in [-0.1, -0.05) is 24.6 Å². The second kappa shape index (κ2) is 7.82. The van der Waals surface area contributed by atoms with Gasteiger partial charge in [0.25, 0.3) is 0 Å². The molecular formula is C19H26N4O3S. The van der Waals surface area contributed by atoms with Crippen molar-refractivity contribution in [3.8, 4) is 0 Å². The fourth-order valence-electron chi connectivity index (χ4n) is 3.32. The summed E-state index contributed by atoms with van der Waals surface area (Å²) in [7, 11) is -3.54. The summed E-state index contributed by atoms with van der Waals surface area (Å²) in [6.07, 6.45) is 0.997. The molecule has 0 spiro atoms. The van der Waals surface area contributed by atoms with Crippen LogP contribution in [-0.2, 0) is 40.9 Å². The van der Waals surface area contributed by atoms with Crippen molar-refractivity contribution in [2.75, 3.05) is 6.54 Å². The maximum absolute atomic E-state index is 13.0. The number of rotatable bonds is 6. The lowest BCUT2D eigenvalue weighted by Crippen LogP contribution is -2.36. The van der Waals surface area contributed by atoms with Gasteiger partial charge in [-0.3, -0.25) is 4.79 Å². The van der Waals surface area contributed by atoms with Crippen molar-refractivity contribution in [3.05, 3.63) is 47.0 Å². The van der Waals surface area contributed by atoms with Gasteiger partial charge >= 0.3 is 0 Å². The number of aryl methyl sites for hydroxylation is 1. The maximum Gasteiger partial charge on any atom is 0.243 e. The molecule has 0 fully saturated rings. The summed E-state index contributed by atoms with van der Waals surface area (Å²) in [6, 6.07) is 6.94. The molecule has 1 aliphatic heterocycles. The maximum atomic E-state index is 13.0. The van der Waals surface area contributed by atoms with Crippen LogP contribution in [0.25, 0.3) is 0 Å². The molecule has 1 aliphatic rings. The molecule has 0 saturated carbocycles. The van der Waals surface area contributed by atoms with Crippen molar-refractivity contribution in [1.82, 2.24) is 19.2 Å². The Morgan fingerprint density at radius 1 is 1.22 bits per heavy atom. The summed E-state index contributed by atoms with van der Waals surface area (Å²) in [6.45, 7) is 7.48. The van der Waals surface area contributed by atoms with Crippen molar-refractivity contribution < 1.29 is 13.2 Å². The summed E-state index contributed by atoms with van der Waals surface area (Å²) < 4.78 is 29.5. The highest BCUT2D eigenvalue weighted by Crippen LogP contribution is 2.26. The summed E-state index contributed by atoms with van der Waals surface area (Å²) in [5.74, 6) is 0.751. The van der Waals surface area contributed by atoms with Crippen LogP contribution in [0.1, 0.15) is 43.0 Å². The molecule has 1 N–H and O–H groups in total. The Morgan fingerprint density at radius 2 is 1.93 bits per heavy atom. The number of nitrogens with zero attached hydrogens (tertiary/aromatic N) is 3. The van der Waals surface area contributed by atoms with Crippen LogP contribution in [0.15, 0.2) is 29.2 Å². The number of carbonyl (C=O) groups excluding carboxylic acids is 1. The lowest BCUT2D eigenvalue weighted by atomic mass is 10.2. The average Bonchev–Trinajstić information content (AvgIpc) is 3.03. The summed E-state index contributed by atoms with van der Waals surface area (Å²) in [5.41, 5.74) is 2.87. The molecule has 2 heterocycles. The number of amides is 1. The van der Waals surface area contributed by atoms with Crippen molar-refractivity contribution in [3.63, 3.8) is 0 Å². The fraction of sp³-hybridized carbons (Fsp3) is 0.474. The van der Waals surface area contributed by atoms with E-state index in [0.29, 0.717) is 43.9 Å². The number of hydrogen-bond acceptors (Lipinski definition) is 4. The van der Waals surface area contributed by atoms with Crippen LogP contribution >= 0.6 is 0 Å². The van der Waals surface area contributed by atoms with E-state index in [1.165, 1.54) is 4.31 Å². The van der Waals surface area contributed by atoms with E-state index >= 15 is 0 Å². The first-order valence-corrected chi connectivity index (χ1v) is 10.7. The van der Waals surface area contributed by atoms with Crippen LogP contribution in [0.3, 0.4) is 0 Å². The first kappa shape index (κ1) is 19.6. The number of hydrogen-bond donors (Lipinski definition) is 1. The monoisotopic (exact) mass is 390 g/mol. The van der Waals surface area contributed by atoms with Crippen molar-refractivity contribution in [1.29, 1.82) is 0 Å². The molecule has 146 valence electrons. The normalized spacial score (nSPS) is 14.8. The standard InChI is InChI=1S/C19H26N4O3S/c1-4-19(24)20-12-18-21-16-10-11-22(13-17(16)23(18)5-2)27(25,26)15-8-6-14(3)7-9-15/h6-9H,4-5,10-13H2,1-3H3,(H,20,24). The highest BCUT2D eigenvalue weighted by molar-refractivity contribution is 7.89.